The molecule has 3 aliphatic carbocycles. The lowest BCUT2D eigenvalue weighted by atomic mass is 9.58. The topological polar surface area (TPSA) is 177 Å². The SMILES string of the molecule is CN(C)[C@H]1C(O)=C(C(N)=O)C(=O)[C@@]2(O)C(O)=C3C(=O)c4c(O)ccc(-c5ccc(N[C@H]6CCCN6C)cc5)c4C[C@H]3C[C@@H]12. The van der Waals surface area contributed by atoms with Crippen LogP contribution in [0.2, 0.25) is 0 Å². The van der Waals surface area contributed by atoms with Crippen LogP contribution in [0.5, 0.6) is 5.75 Å². The van der Waals surface area contributed by atoms with Gasteiger partial charge in [-0.1, -0.05) is 18.2 Å². The van der Waals surface area contributed by atoms with Crippen LogP contribution in [0.3, 0.4) is 0 Å². The van der Waals surface area contributed by atoms with Gasteiger partial charge in [-0.25, -0.2) is 0 Å². The van der Waals surface area contributed by atoms with E-state index in [1.807, 2.05) is 24.3 Å². The first-order valence-corrected chi connectivity index (χ1v) is 14.4. The zero-order valence-electron chi connectivity index (χ0n) is 24.3. The Morgan fingerprint density at radius 2 is 1.79 bits per heavy atom. The number of fused-ring (bicyclic) bond motifs is 3. The third-order valence-electron chi connectivity index (χ3n) is 9.66. The number of amides is 1. The lowest BCUT2D eigenvalue weighted by Crippen LogP contribution is -2.63. The number of nitrogens with one attached hydrogen (secondary N) is 1. The molecule has 0 bridgehead atoms. The number of primary amides is 1. The summed E-state index contributed by atoms with van der Waals surface area (Å²) < 4.78 is 0. The molecule has 4 aliphatic rings. The van der Waals surface area contributed by atoms with Crippen LogP contribution in [0.25, 0.3) is 11.1 Å². The summed E-state index contributed by atoms with van der Waals surface area (Å²) >= 11 is 0. The minimum atomic E-state index is -2.66. The van der Waals surface area contributed by atoms with Gasteiger partial charge in [0.25, 0.3) is 5.91 Å². The maximum absolute atomic E-state index is 14.0. The molecule has 0 aromatic heterocycles. The van der Waals surface area contributed by atoms with E-state index in [0.29, 0.717) is 5.56 Å². The molecular formula is C32H36N4O7. The number of ketones is 2. The van der Waals surface area contributed by atoms with Crippen molar-refractivity contribution in [2.24, 2.45) is 17.6 Å². The fourth-order valence-electron chi connectivity index (χ4n) is 7.55. The number of anilines is 1. The van der Waals surface area contributed by atoms with E-state index in [1.165, 1.54) is 11.0 Å². The van der Waals surface area contributed by atoms with Crippen LogP contribution in [0.1, 0.15) is 35.2 Å². The van der Waals surface area contributed by atoms with E-state index in [1.54, 1.807) is 20.2 Å². The molecule has 11 heteroatoms. The van der Waals surface area contributed by atoms with E-state index < -0.39 is 58.0 Å². The Morgan fingerprint density at radius 1 is 1.09 bits per heavy atom. The summed E-state index contributed by atoms with van der Waals surface area (Å²) in [6.07, 6.45) is 2.73. The van der Waals surface area contributed by atoms with Gasteiger partial charge in [-0.2, -0.15) is 0 Å². The first kappa shape index (κ1) is 28.9. The Kier molecular flexibility index (Phi) is 6.87. The number of Topliss-reactive ketones (excluding diaryl/α,β-unsaturated/α-hetero) is 2. The lowest BCUT2D eigenvalue weighted by molar-refractivity contribution is -0.148. The molecule has 5 atom stereocenters. The zero-order chi connectivity index (χ0) is 31.0. The van der Waals surface area contributed by atoms with E-state index in [-0.39, 0.29) is 35.9 Å². The summed E-state index contributed by atoms with van der Waals surface area (Å²) in [5, 5.41) is 48.6. The van der Waals surface area contributed by atoms with Crippen molar-refractivity contribution in [3.63, 3.8) is 0 Å². The number of nitrogens with two attached hydrogens (primary N) is 1. The summed E-state index contributed by atoms with van der Waals surface area (Å²) in [6, 6.07) is 9.99. The Morgan fingerprint density at radius 3 is 2.40 bits per heavy atom. The molecule has 6 rings (SSSR count). The zero-order valence-corrected chi connectivity index (χ0v) is 24.3. The minimum Gasteiger partial charge on any atom is -0.510 e. The van der Waals surface area contributed by atoms with Gasteiger partial charge in [-0.15, -0.1) is 0 Å². The number of nitrogens with zero attached hydrogens (tertiary/aromatic N) is 2. The number of likely N-dealkylation sites (tertiary alicyclic amines) is 1. The van der Waals surface area contributed by atoms with Crippen molar-refractivity contribution in [1.82, 2.24) is 9.80 Å². The van der Waals surface area contributed by atoms with Gasteiger partial charge >= 0.3 is 0 Å². The smallest absolute Gasteiger partial charge is 0.255 e. The van der Waals surface area contributed by atoms with Gasteiger partial charge in [0.15, 0.2) is 11.4 Å². The van der Waals surface area contributed by atoms with Gasteiger partial charge in [0.2, 0.25) is 5.78 Å². The summed E-state index contributed by atoms with van der Waals surface area (Å²) in [5.41, 5.74) is 4.87. The van der Waals surface area contributed by atoms with Gasteiger partial charge < -0.3 is 31.5 Å². The first-order valence-electron chi connectivity index (χ1n) is 14.4. The number of aliphatic hydroxyl groups excluding tert-OH is 2. The van der Waals surface area contributed by atoms with Crippen molar-refractivity contribution >= 4 is 23.2 Å². The fourth-order valence-corrected chi connectivity index (χ4v) is 7.55. The standard InChI is InChI=1S/C32H36N4O7/c1-35(2)26-20-14-16-13-19-18(15-6-8-17(9-7-15)34-22-5-4-12-36(22)3)10-11-21(37)24(19)27(38)23(16)29(40)32(20,43)30(41)25(28(26)39)31(33)42/h6-11,16,20,22,26,34,37,39-40,43H,4-5,12-14H2,1-3H3,(H2,33,42)/t16-,20-,22+,26+,32-/m0/s1. The molecule has 1 fully saturated rings. The van der Waals surface area contributed by atoms with E-state index in [4.69, 9.17) is 5.73 Å². The second kappa shape index (κ2) is 10.2. The molecule has 1 heterocycles. The number of carbonyl (C=O) groups is 3. The lowest BCUT2D eigenvalue weighted by Gasteiger charge is -2.50. The number of carbonyl (C=O) groups excluding carboxylic acids is 3. The number of benzene rings is 2. The molecule has 0 radical (unpaired) electrons. The molecule has 1 amide bonds. The highest BCUT2D eigenvalue weighted by molar-refractivity contribution is 6.24. The number of aliphatic hydroxyl groups is 3. The number of phenols is 1. The number of rotatable bonds is 5. The Hall–Kier alpha value is -4.19. The second-order valence-corrected chi connectivity index (χ2v) is 12.3. The van der Waals surface area contributed by atoms with Crippen molar-refractivity contribution in [3.8, 4) is 16.9 Å². The molecule has 0 spiro atoms. The van der Waals surface area contributed by atoms with E-state index >= 15 is 0 Å². The quantitative estimate of drug-likeness (QED) is 0.284. The predicted molar refractivity (Wildman–Crippen MR) is 158 cm³/mol. The average molecular weight is 589 g/mol. The van der Waals surface area contributed by atoms with Crippen LogP contribution in [0.4, 0.5) is 5.69 Å². The molecule has 7 N–H and O–H groups in total. The molecule has 1 aliphatic heterocycles. The maximum atomic E-state index is 14.0. The summed E-state index contributed by atoms with van der Waals surface area (Å²) in [6.45, 7) is 1.04. The van der Waals surface area contributed by atoms with Crippen LogP contribution in [0, 0.1) is 11.8 Å². The fraction of sp³-hybridized carbons (Fsp3) is 0.406. The van der Waals surface area contributed by atoms with Crippen LogP contribution in [-0.2, 0) is 16.0 Å². The predicted octanol–water partition coefficient (Wildman–Crippen LogP) is 2.25. The number of hydrogen-bond acceptors (Lipinski definition) is 10. The molecule has 2 aromatic carbocycles. The van der Waals surface area contributed by atoms with Crippen LogP contribution in [-0.4, -0.2) is 93.2 Å². The first-order chi connectivity index (χ1) is 20.4. The number of likely N-dealkylation sites (N-methyl/N-ethyl adjacent to an activating group) is 1. The number of allylic oxidation sites excluding steroid dienone is 1. The van der Waals surface area contributed by atoms with E-state index in [2.05, 4.69) is 17.3 Å². The largest absolute Gasteiger partial charge is 0.510 e. The van der Waals surface area contributed by atoms with Crippen molar-refractivity contribution in [2.45, 2.75) is 43.5 Å². The molecule has 43 heavy (non-hydrogen) atoms. The van der Waals surface area contributed by atoms with Crippen molar-refractivity contribution in [1.29, 1.82) is 0 Å². The molecular weight excluding hydrogens is 552 g/mol. The normalized spacial score (nSPS) is 29.0. The highest BCUT2D eigenvalue weighted by atomic mass is 16.3. The summed E-state index contributed by atoms with van der Waals surface area (Å²) in [5.74, 6) is -6.65. The highest BCUT2D eigenvalue weighted by Gasteiger charge is 2.63. The number of aromatic hydroxyl groups is 1. The molecule has 0 unspecified atom stereocenters. The van der Waals surface area contributed by atoms with Gasteiger partial charge in [0.05, 0.1) is 17.8 Å². The van der Waals surface area contributed by atoms with Crippen LogP contribution >= 0.6 is 0 Å². The molecule has 1 saturated heterocycles. The molecule has 0 saturated carbocycles. The van der Waals surface area contributed by atoms with Crippen molar-refractivity contribution < 1.29 is 34.8 Å². The molecule has 2 aromatic rings. The Balaban J connectivity index is 1.42. The third-order valence-corrected chi connectivity index (χ3v) is 9.66. The van der Waals surface area contributed by atoms with Gasteiger partial charge in [-0.05, 0) is 94.2 Å². The Labute approximate surface area is 248 Å². The molecule has 11 nitrogen and oxygen atoms in total. The number of phenolic OH excluding ortho intramolecular Hbond substituents is 1. The van der Waals surface area contributed by atoms with Gasteiger partial charge in [-0.3, -0.25) is 24.2 Å². The maximum Gasteiger partial charge on any atom is 0.255 e. The Bertz CT molecular complexity index is 1610. The van der Waals surface area contributed by atoms with Crippen LogP contribution < -0.4 is 11.1 Å². The van der Waals surface area contributed by atoms with Crippen molar-refractivity contribution in [2.75, 3.05) is 33.0 Å². The monoisotopic (exact) mass is 588 g/mol. The number of hydrogen-bond donors (Lipinski definition) is 6. The second-order valence-electron chi connectivity index (χ2n) is 12.3. The average Bonchev–Trinajstić information content (AvgIpc) is 3.35. The van der Waals surface area contributed by atoms with Gasteiger partial charge in [0.1, 0.15) is 22.8 Å². The van der Waals surface area contributed by atoms with Gasteiger partial charge in [0, 0.05) is 17.2 Å². The van der Waals surface area contributed by atoms with E-state index in [9.17, 15) is 34.8 Å². The minimum absolute atomic E-state index is 0.00642. The van der Waals surface area contributed by atoms with Crippen LogP contribution in [0.15, 0.2) is 59.1 Å². The van der Waals surface area contributed by atoms with E-state index in [0.717, 1.165) is 36.2 Å². The molecule has 226 valence electrons. The summed E-state index contributed by atoms with van der Waals surface area (Å²) in [4.78, 5) is 43.4. The van der Waals surface area contributed by atoms with Crippen molar-refractivity contribution in [3.05, 3.63) is 70.2 Å². The summed E-state index contributed by atoms with van der Waals surface area (Å²) in [7, 11) is 5.29. The third kappa shape index (κ3) is 4.25. The highest BCUT2D eigenvalue weighted by Crippen LogP contribution is 2.53.